The molecule has 1 saturated carbocycles. The van der Waals surface area contributed by atoms with E-state index in [1.807, 2.05) is 26.8 Å². The molecule has 0 aliphatic heterocycles. The Morgan fingerprint density at radius 2 is 2.05 bits per heavy atom. The molecule has 0 atom stereocenters. The molecule has 1 aromatic heterocycles. The molecule has 0 saturated heterocycles. The van der Waals surface area contributed by atoms with E-state index in [4.69, 9.17) is 9.26 Å². The van der Waals surface area contributed by atoms with Crippen LogP contribution in [0.2, 0.25) is 0 Å². The molecule has 1 heterocycles. The van der Waals surface area contributed by atoms with Crippen molar-refractivity contribution in [2.75, 3.05) is 0 Å². The van der Waals surface area contributed by atoms with Crippen LogP contribution in [0, 0.1) is 12.7 Å². The van der Waals surface area contributed by atoms with E-state index < -0.39 is 0 Å². The molecule has 1 aromatic carbocycles. The summed E-state index contributed by atoms with van der Waals surface area (Å²) in [6.45, 7) is 7.93. The molecule has 0 spiro atoms. The van der Waals surface area contributed by atoms with Crippen molar-refractivity contribution in [3.8, 4) is 5.75 Å². The zero-order chi connectivity index (χ0) is 15.9. The Kier molecular flexibility index (Phi) is 3.67. The minimum Gasteiger partial charge on any atom is -0.482 e. The maximum Gasteiger partial charge on any atom is 0.229 e. The van der Waals surface area contributed by atoms with Crippen LogP contribution in [0.1, 0.15) is 62.4 Å². The zero-order valence-corrected chi connectivity index (χ0v) is 13.4. The molecular formula is C17H21FN2O2. The average molecular weight is 304 g/mol. The van der Waals surface area contributed by atoms with Crippen LogP contribution in [-0.2, 0) is 12.0 Å². The highest BCUT2D eigenvalue weighted by Crippen LogP contribution is 2.39. The third-order valence-corrected chi connectivity index (χ3v) is 3.85. The molecule has 0 amide bonds. The van der Waals surface area contributed by atoms with Crippen molar-refractivity contribution >= 4 is 0 Å². The largest absolute Gasteiger partial charge is 0.482 e. The summed E-state index contributed by atoms with van der Waals surface area (Å²) in [7, 11) is 0. The molecule has 1 fully saturated rings. The first-order valence-electron chi connectivity index (χ1n) is 7.61. The lowest BCUT2D eigenvalue weighted by Gasteiger charge is -2.23. The maximum atomic E-state index is 14.4. The summed E-state index contributed by atoms with van der Waals surface area (Å²) in [5, 5.41) is 3.90. The summed E-state index contributed by atoms with van der Waals surface area (Å²) in [6, 6.07) is 3.70. The molecular weight excluding hydrogens is 283 g/mol. The molecule has 0 N–H and O–H groups in total. The van der Waals surface area contributed by atoms with Gasteiger partial charge in [0.05, 0.1) is 0 Å². The molecule has 0 radical (unpaired) electrons. The van der Waals surface area contributed by atoms with E-state index in [0.717, 1.165) is 18.4 Å². The third kappa shape index (κ3) is 2.98. The van der Waals surface area contributed by atoms with Gasteiger partial charge < -0.3 is 9.26 Å². The minimum atomic E-state index is -0.321. The van der Waals surface area contributed by atoms with E-state index >= 15 is 0 Å². The number of aryl methyl sites for hydroxylation is 1. The van der Waals surface area contributed by atoms with E-state index in [2.05, 4.69) is 10.1 Å². The summed E-state index contributed by atoms with van der Waals surface area (Å²) in [4.78, 5) is 4.31. The summed E-state index contributed by atoms with van der Waals surface area (Å²) in [5.74, 6) is 1.49. The van der Waals surface area contributed by atoms with Crippen LogP contribution >= 0.6 is 0 Å². The van der Waals surface area contributed by atoms with Gasteiger partial charge in [-0.05, 0) is 30.7 Å². The molecule has 2 aromatic rings. The molecule has 4 nitrogen and oxygen atoms in total. The first kappa shape index (κ1) is 15.0. The van der Waals surface area contributed by atoms with Crippen molar-refractivity contribution in [3.05, 3.63) is 40.8 Å². The minimum absolute atomic E-state index is 0.111. The Morgan fingerprint density at radius 1 is 1.32 bits per heavy atom. The second kappa shape index (κ2) is 5.38. The lowest BCUT2D eigenvalue weighted by Crippen LogP contribution is -2.15. The molecule has 118 valence electrons. The summed E-state index contributed by atoms with van der Waals surface area (Å²) >= 11 is 0. The van der Waals surface area contributed by atoms with Crippen LogP contribution in [-0.4, -0.2) is 10.1 Å². The second-order valence-electron chi connectivity index (χ2n) is 6.93. The van der Waals surface area contributed by atoms with Crippen molar-refractivity contribution in [2.45, 2.75) is 58.5 Å². The Balaban J connectivity index is 1.82. The number of aromatic nitrogens is 2. The fourth-order valence-corrected chi connectivity index (χ4v) is 2.35. The van der Waals surface area contributed by atoms with E-state index in [1.54, 1.807) is 13.0 Å². The number of ether oxygens (including phenoxy) is 1. The van der Waals surface area contributed by atoms with Crippen LogP contribution in [0.3, 0.4) is 0 Å². The number of hydrogen-bond acceptors (Lipinski definition) is 4. The van der Waals surface area contributed by atoms with Crippen LogP contribution in [0.4, 0.5) is 4.39 Å². The monoisotopic (exact) mass is 304 g/mol. The fraction of sp³-hybridized carbons (Fsp3) is 0.529. The number of nitrogens with zero attached hydrogens (tertiary/aromatic N) is 2. The van der Waals surface area contributed by atoms with Crippen molar-refractivity contribution in [1.82, 2.24) is 10.1 Å². The van der Waals surface area contributed by atoms with Crippen molar-refractivity contribution < 1.29 is 13.7 Å². The van der Waals surface area contributed by atoms with Crippen LogP contribution in [0.15, 0.2) is 16.7 Å². The Morgan fingerprint density at radius 3 is 2.68 bits per heavy atom. The first-order valence-corrected chi connectivity index (χ1v) is 7.61. The van der Waals surface area contributed by atoms with Gasteiger partial charge in [-0.2, -0.15) is 4.98 Å². The predicted octanol–water partition coefficient (Wildman–Crippen LogP) is 4.27. The standard InChI is InChI=1S/C17H21FN2O2/c1-10-5-8-12(17(2,3)4)15(14(10)18)21-9-13-19-16(22-20-13)11-6-7-11/h5,8,11H,6-7,9H2,1-4H3. The van der Waals surface area contributed by atoms with Crippen LogP contribution in [0.25, 0.3) is 0 Å². The van der Waals surface area contributed by atoms with Gasteiger partial charge in [0, 0.05) is 11.5 Å². The van der Waals surface area contributed by atoms with E-state index in [-0.39, 0.29) is 23.6 Å². The molecule has 0 bridgehead atoms. The quantitative estimate of drug-likeness (QED) is 0.846. The smallest absolute Gasteiger partial charge is 0.229 e. The van der Waals surface area contributed by atoms with E-state index in [0.29, 0.717) is 23.2 Å². The lowest BCUT2D eigenvalue weighted by atomic mass is 9.85. The van der Waals surface area contributed by atoms with Gasteiger partial charge in [-0.3, -0.25) is 0 Å². The Labute approximate surface area is 129 Å². The van der Waals surface area contributed by atoms with Gasteiger partial charge in [0.1, 0.15) is 0 Å². The van der Waals surface area contributed by atoms with E-state index in [1.165, 1.54) is 0 Å². The second-order valence-corrected chi connectivity index (χ2v) is 6.93. The number of halogens is 1. The fourth-order valence-electron chi connectivity index (χ4n) is 2.35. The summed E-state index contributed by atoms with van der Waals surface area (Å²) in [5.41, 5.74) is 1.19. The normalized spacial score (nSPS) is 15.1. The van der Waals surface area contributed by atoms with Gasteiger partial charge in [0.2, 0.25) is 11.7 Å². The Bertz CT molecular complexity index is 684. The highest BCUT2D eigenvalue weighted by molar-refractivity contribution is 5.43. The topological polar surface area (TPSA) is 48.2 Å². The molecule has 22 heavy (non-hydrogen) atoms. The number of hydrogen-bond donors (Lipinski definition) is 0. The molecule has 0 unspecified atom stereocenters. The van der Waals surface area contributed by atoms with Gasteiger partial charge >= 0.3 is 0 Å². The summed E-state index contributed by atoms with van der Waals surface area (Å²) in [6.07, 6.45) is 2.20. The van der Waals surface area contributed by atoms with Crippen molar-refractivity contribution in [1.29, 1.82) is 0 Å². The molecule has 5 heteroatoms. The Hall–Kier alpha value is -1.91. The van der Waals surface area contributed by atoms with Crippen molar-refractivity contribution in [2.24, 2.45) is 0 Å². The SMILES string of the molecule is Cc1ccc(C(C)(C)C)c(OCc2noc(C3CC3)n2)c1F. The molecule has 1 aliphatic rings. The number of benzene rings is 1. The maximum absolute atomic E-state index is 14.4. The van der Waals surface area contributed by atoms with Gasteiger partial charge in [0.25, 0.3) is 0 Å². The average Bonchev–Trinajstić information content (AvgIpc) is 3.18. The molecule has 1 aliphatic carbocycles. The zero-order valence-electron chi connectivity index (χ0n) is 13.4. The number of rotatable bonds is 4. The van der Waals surface area contributed by atoms with Crippen LogP contribution < -0.4 is 4.74 Å². The molecule has 3 rings (SSSR count). The van der Waals surface area contributed by atoms with Gasteiger partial charge in [0.15, 0.2) is 18.2 Å². The predicted molar refractivity (Wildman–Crippen MR) is 80.4 cm³/mol. The van der Waals surface area contributed by atoms with Gasteiger partial charge in [-0.25, -0.2) is 4.39 Å². The van der Waals surface area contributed by atoms with Crippen LogP contribution in [0.5, 0.6) is 5.75 Å². The third-order valence-electron chi connectivity index (χ3n) is 3.85. The van der Waals surface area contributed by atoms with Crippen molar-refractivity contribution in [3.63, 3.8) is 0 Å². The van der Waals surface area contributed by atoms with Gasteiger partial charge in [-0.1, -0.05) is 38.1 Å². The summed E-state index contributed by atoms with van der Waals surface area (Å²) < 4.78 is 25.4. The highest BCUT2D eigenvalue weighted by atomic mass is 19.1. The lowest BCUT2D eigenvalue weighted by molar-refractivity contribution is 0.265. The van der Waals surface area contributed by atoms with Gasteiger partial charge in [-0.15, -0.1) is 0 Å². The first-order chi connectivity index (χ1) is 10.4. The highest BCUT2D eigenvalue weighted by Gasteiger charge is 2.30. The van der Waals surface area contributed by atoms with E-state index in [9.17, 15) is 4.39 Å².